The molecule has 0 fully saturated rings. The third kappa shape index (κ3) is 7.63. The van der Waals surface area contributed by atoms with Crippen molar-refractivity contribution >= 4 is 12.6 Å². The van der Waals surface area contributed by atoms with E-state index in [1.165, 1.54) is 0 Å². The van der Waals surface area contributed by atoms with E-state index in [-0.39, 0.29) is 0 Å². The molecule has 0 aromatic rings. The summed E-state index contributed by atoms with van der Waals surface area (Å²) in [4.78, 5) is 0. The molecule has 0 spiro atoms. The van der Waals surface area contributed by atoms with Crippen LogP contribution in [0.2, 0.25) is 0 Å². The smallest absolute Gasteiger partial charge is 0.0880 e. The average molecular weight is 158 g/mol. The molecule has 0 aliphatic carbocycles. The zero-order valence-corrected chi connectivity index (χ0v) is 7.02. The highest BCUT2D eigenvalue weighted by molar-refractivity contribution is 7.80. The van der Waals surface area contributed by atoms with Crippen LogP contribution in [0.4, 0.5) is 0 Å². The molecule has 0 aromatic carbocycles. The molecule has 1 nitrogen and oxygen atoms in total. The van der Waals surface area contributed by atoms with Crippen molar-refractivity contribution in [1.82, 2.24) is 0 Å². The van der Waals surface area contributed by atoms with E-state index < -0.39 is 0 Å². The highest BCUT2D eigenvalue weighted by atomic mass is 32.1. The number of hydrogen-bond acceptors (Lipinski definition) is 2. The van der Waals surface area contributed by atoms with E-state index in [2.05, 4.69) is 19.2 Å². The standard InChI is InChI=1S/C8H14OS/c1-2-3-4-6-9-7-5-8-10/h2,4,6,10H,1,3,5,7-8H2. The first kappa shape index (κ1) is 9.63. The van der Waals surface area contributed by atoms with Crippen LogP contribution >= 0.6 is 12.6 Å². The fourth-order valence-corrected chi connectivity index (χ4v) is 0.565. The third-order valence-electron chi connectivity index (χ3n) is 0.916. The van der Waals surface area contributed by atoms with Gasteiger partial charge in [-0.25, -0.2) is 0 Å². The van der Waals surface area contributed by atoms with E-state index in [0.29, 0.717) is 0 Å². The van der Waals surface area contributed by atoms with E-state index in [4.69, 9.17) is 4.74 Å². The molecule has 2 heteroatoms. The van der Waals surface area contributed by atoms with Crippen LogP contribution in [0, 0.1) is 0 Å². The monoisotopic (exact) mass is 158 g/mol. The second-order valence-corrected chi connectivity index (χ2v) is 2.29. The van der Waals surface area contributed by atoms with Crippen molar-refractivity contribution in [3.05, 3.63) is 25.0 Å². The van der Waals surface area contributed by atoms with E-state index in [9.17, 15) is 0 Å². The molecule has 0 atom stereocenters. The molecule has 0 N–H and O–H groups in total. The van der Waals surface area contributed by atoms with Crippen molar-refractivity contribution in [3.63, 3.8) is 0 Å². The first-order chi connectivity index (χ1) is 4.91. The first-order valence-corrected chi connectivity index (χ1v) is 4.03. The lowest BCUT2D eigenvalue weighted by Crippen LogP contribution is -1.86. The summed E-state index contributed by atoms with van der Waals surface area (Å²) in [5.41, 5.74) is 0. The minimum Gasteiger partial charge on any atom is -0.501 e. The van der Waals surface area contributed by atoms with E-state index in [1.807, 2.05) is 12.2 Å². The van der Waals surface area contributed by atoms with Crippen LogP contribution in [0.1, 0.15) is 12.8 Å². The minimum atomic E-state index is 0.761. The van der Waals surface area contributed by atoms with Gasteiger partial charge in [-0.15, -0.1) is 6.58 Å². The maximum atomic E-state index is 5.10. The molecule has 0 aliphatic rings. The van der Waals surface area contributed by atoms with Crippen molar-refractivity contribution in [2.75, 3.05) is 12.4 Å². The second kappa shape index (κ2) is 8.63. The van der Waals surface area contributed by atoms with Crippen LogP contribution in [0.3, 0.4) is 0 Å². The SMILES string of the molecule is C=CCC=COCCCS. The molecule has 0 heterocycles. The molecule has 0 saturated heterocycles. The minimum absolute atomic E-state index is 0.761. The summed E-state index contributed by atoms with van der Waals surface area (Å²) in [6.07, 6.45) is 7.36. The van der Waals surface area contributed by atoms with Crippen LogP contribution < -0.4 is 0 Å². The van der Waals surface area contributed by atoms with Gasteiger partial charge in [0.15, 0.2) is 0 Å². The van der Waals surface area contributed by atoms with Crippen LogP contribution in [0.25, 0.3) is 0 Å². The van der Waals surface area contributed by atoms with Gasteiger partial charge in [-0.05, 0) is 24.7 Å². The van der Waals surface area contributed by atoms with Crippen molar-refractivity contribution < 1.29 is 4.74 Å². The molecule has 0 rings (SSSR count). The predicted octanol–water partition coefficient (Wildman–Crippen LogP) is 2.41. The summed E-state index contributed by atoms with van der Waals surface area (Å²) < 4.78 is 5.10. The maximum absolute atomic E-state index is 5.10. The van der Waals surface area contributed by atoms with Crippen molar-refractivity contribution in [3.8, 4) is 0 Å². The zero-order chi connectivity index (χ0) is 7.66. The van der Waals surface area contributed by atoms with Gasteiger partial charge in [0.1, 0.15) is 0 Å². The molecule has 0 aromatic heterocycles. The van der Waals surface area contributed by atoms with E-state index in [0.717, 1.165) is 25.2 Å². The van der Waals surface area contributed by atoms with Crippen molar-refractivity contribution in [2.45, 2.75) is 12.8 Å². The zero-order valence-electron chi connectivity index (χ0n) is 6.12. The van der Waals surface area contributed by atoms with Gasteiger partial charge < -0.3 is 4.74 Å². The molecule has 10 heavy (non-hydrogen) atoms. The third-order valence-corrected chi connectivity index (χ3v) is 1.23. The topological polar surface area (TPSA) is 9.23 Å². The number of rotatable bonds is 6. The summed E-state index contributed by atoms with van der Waals surface area (Å²) in [6, 6.07) is 0. The number of ether oxygens (including phenoxy) is 1. The fourth-order valence-electron chi connectivity index (χ4n) is 0.436. The molecule has 0 unspecified atom stereocenters. The van der Waals surface area contributed by atoms with E-state index in [1.54, 1.807) is 6.26 Å². The van der Waals surface area contributed by atoms with Gasteiger partial charge in [-0.1, -0.05) is 6.08 Å². The van der Waals surface area contributed by atoms with Crippen LogP contribution in [-0.2, 0) is 4.74 Å². The van der Waals surface area contributed by atoms with E-state index >= 15 is 0 Å². The van der Waals surface area contributed by atoms with Crippen LogP contribution in [-0.4, -0.2) is 12.4 Å². The normalized spacial score (nSPS) is 10.1. The van der Waals surface area contributed by atoms with Gasteiger partial charge >= 0.3 is 0 Å². The lowest BCUT2D eigenvalue weighted by molar-refractivity contribution is 0.250. The summed E-state index contributed by atoms with van der Waals surface area (Å²) in [6.45, 7) is 4.34. The number of allylic oxidation sites excluding steroid dienone is 2. The molecule has 0 amide bonds. The molecule has 0 aliphatic heterocycles. The Morgan fingerprint density at radius 2 is 2.30 bits per heavy atom. The van der Waals surface area contributed by atoms with Crippen molar-refractivity contribution in [2.24, 2.45) is 0 Å². The Kier molecular flexibility index (Phi) is 8.31. The average Bonchev–Trinajstić information content (AvgIpc) is 1.97. The second-order valence-electron chi connectivity index (χ2n) is 1.84. The van der Waals surface area contributed by atoms with Gasteiger partial charge in [0.05, 0.1) is 12.9 Å². The Bertz CT molecular complexity index is 99.4. The number of hydrogen-bond donors (Lipinski definition) is 1. The van der Waals surface area contributed by atoms with Gasteiger partial charge in [0, 0.05) is 0 Å². The van der Waals surface area contributed by atoms with Gasteiger partial charge in [0.25, 0.3) is 0 Å². The highest BCUT2D eigenvalue weighted by Gasteiger charge is 1.78. The van der Waals surface area contributed by atoms with Gasteiger partial charge in [-0.3, -0.25) is 0 Å². The van der Waals surface area contributed by atoms with Crippen LogP contribution in [0.5, 0.6) is 0 Å². The fraction of sp³-hybridized carbons (Fsp3) is 0.500. The Balaban J connectivity index is 2.94. The first-order valence-electron chi connectivity index (χ1n) is 3.40. The molecule has 0 saturated carbocycles. The largest absolute Gasteiger partial charge is 0.501 e. The van der Waals surface area contributed by atoms with Crippen molar-refractivity contribution in [1.29, 1.82) is 0 Å². The quantitative estimate of drug-likeness (QED) is 0.270. The molecule has 58 valence electrons. The Morgan fingerprint density at radius 1 is 1.50 bits per heavy atom. The Hall–Kier alpha value is -0.370. The lowest BCUT2D eigenvalue weighted by atomic mass is 10.4. The summed E-state index contributed by atoms with van der Waals surface area (Å²) in [7, 11) is 0. The molecule has 0 radical (unpaired) electrons. The summed E-state index contributed by atoms with van der Waals surface area (Å²) >= 11 is 4.04. The lowest BCUT2D eigenvalue weighted by Gasteiger charge is -1.95. The van der Waals surface area contributed by atoms with Gasteiger partial charge in [-0.2, -0.15) is 12.6 Å². The maximum Gasteiger partial charge on any atom is 0.0880 e. The summed E-state index contributed by atoms with van der Waals surface area (Å²) in [5.74, 6) is 0.884. The highest BCUT2D eigenvalue weighted by Crippen LogP contribution is 1.88. The molecular weight excluding hydrogens is 144 g/mol. The van der Waals surface area contributed by atoms with Gasteiger partial charge in [0.2, 0.25) is 0 Å². The Morgan fingerprint density at radius 3 is 2.90 bits per heavy atom. The predicted molar refractivity (Wildman–Crippen MR) is 48.4 cm³/mol. The molecule has 0 bridgehead atoms. The number of thiol groups is 1. The van der Waals surface area contributed by atoms with Crippen LogP contribution in [0.15, 0.2) is 25.0 Å². The summed E-state index contributed by atoms with van der Waals surface area (Å²) in [5, 5.41) is 0. The molecular formula is C8H14OS. The Labute approximate surface area is 68.2 Å².